The topological polar surface area (TPSA) is 107 Å². The summed E-state index contributed by atoms with van der Waals surface area (Å²) in [5.74, 6) is 2.78. The Bertz CT molecular complexity index is 2040. The number of nitrogens with zero attached hydrogens (tertiary/aromatic N) is 3. The van der Waals surface area contributed by atoms with Crippen molar-refractivity contribution < 1.29 is 21.2 Å². The van der Waals surface area contributed by atoms with Gasteiger partial charge >= 0.3 is 10.5 Å². The number of H-pyrrole nitrogens is 1. The van der Waals surface area contributed by atoms with Gasteiger partial charge in [0.05, 0.1) is 29.1 Å². The lowest BCUT2D eigenvalue weighted by Crippen LogP contribution is -2.32. The van der Waals surface area contributed by atoms with Crippen LogP contribution in [0.5, 0.6) is 11.5 Å². The molecule has 3 aromatic heterocycles. The third-order valence-corrected chi connectivity index (χ3v) is 7.98. The minimum atomic E-state index is -5.24. The van der Waals surface area contributed by atoms with Crippen molar-refractivity contribution >= 4 is 43.3 Å². The molecular formula is C30H27FN4O5S. The first kappa shape index (κ1) is 26.8. The number of ether oxygens (including phenoxy) is 1. The predicted octanol–water partition coefficient (Wildman–Crippen LogP) is 4.94. The molecule has 0 saturated carbocycles. The standard InChI is InChI=1S/C30H27FN4O5S/c1-4-18-6-7-22-25(12-18)33-30-28(22)29(36)24-15-27(39-5-2)23(19-13-21(17-32-16-19)40-41(31,37)38)14-26(24)35(30)20-8-10-34(3)11-9-20/h1,6-7,12-17,20,33H,5,8-11H2,2-3H3. The molecule has 0 unspecified atom stereocenters. The summed E-state index contributed by atoms with van der Waals surface area (Å²) in [5.41, 5.74) is 3.71. The molecular weight excluding hydrogens is 547 g/mol. The summed E-state index contributed by atoms with van der Waals surface area (Å²) in [6.45, 7) is 3.93. The van der Waals surface area contributed by atoms with E-state index in [0.717, 1.165) is 43.0 Å². The zero-order valence-electron chi connectivity index (χ0n) is 22.5. The molecule has 1 fully saturated rings. The second-order valence-corrected chi connectivity index (χ2v) is 11.1. The number of terminal acetylenes is 1. The summed E-state index contributed by atoms with van der Waals surface area (Å²) in [6.07, 6.45) is 10.0. The van der Waals surface area contributed by atoms with Crippen molar-refractivity contribution in [1.82, 2.24) is 19.4 Å². The number of hydrogen-bond donors (Lipinski definition) is 1. The highest BCUT2D eigenvalue weighted by Gasteiger charge is 2.26. The zero-order chi connectivity index (χ0) is 28.9. The molecule has 2 aromatic carbocycles. The van der Waals surface area contributed by atoms with Crippen LogP contribution in [0.15, 0.2) is 53.6 Å². The quantitative estimate of drug-likeness (QED) is 0.226. The Labute approximate surface area is 235 Å². The smallest absolute Gasteiger partial charge is 0.488 e. The highest BCUT2D eigenvalue weighted by Crippen LogP contribution is 2.39. The molecule has 41 heavy (non-hydrogen) atoms. The fourth-order valence-electron chi connectivity index (χ4n) is 5.75. The van der Waals surface area contributed by atoms with Crippen molar-refractivity contribution in [1.29, 1.82) is 0 Å². The van der Waals surface area contributed by atoms with E-state index in [0.29, 0.717) is 51.0 Å². The van der Waals surface area contributed by atoms with E-state index in [2.05, 4.69) is 36.6 Å². The monoisotopic (exact) mass is 574 g/mol. The van der Waals surface area contributed by atoms with Crippen LogP contribution in [0.4, 0.5) is 3.89 Å². The normalized spacial score (nSPS) is 15.0. The molecule has 0 radical (unpaired) electrons. The van der Waals surface area contributed by atoms with E-state index in [1.807, 2.05) is 31.2 Å². The van der Waals surface area contributed by atoms with Crippen LogP contribution in [0.3, 0.4) is 0 Å². The van der Waals surface area contributed by atoms with Crippen LogP contribution < -0.4 is 14.3 Å². The number of fused-ring (bicyclic) bond motifs is 4. The van der Waals surface area contributed by atoms with Crippen molar-refractivity contribution in [3.05, 3.63) is 64.6 Å². The number of likely N-dealkylation sites (tertiary alicyclic amines) is 1. The molecule has 0 spiro atoms. The molecule has 11 heteroatoms. The average molecular weight is 575 g/mol. The fraction of sp³-hybridized carbons (Fsp3) is 0.267. The van der Waals surface area contributed by atoms with E-state index in [9.17, 15) is 17.1 Å². The number of aromatic nitrogens is 3. The van der Waals surface area contributed by atoms with Gasteiger partial charge in [-0.3, -0.25) is 9.78 Å². The SMILES string of the molecule is C#Cc1ccc2c(c1)[nH]c1c2c(=O)c2cc(OCC)c(-c3cncc(OS(=O)(=O)F)c3)cc2n1C1CCN(C)CC1. The number of piperidine rings is 1. The van der Waals surface area contributed by atoms with Crippen molar-refractivity contribution in [2.24, 2.45) is 0 Å². The van der Waals surface area contributed by atoms with Gasteiger partial charge < -0.3 is 23.4 Å². The van der Waals surface area contributed by atoms with E-state index in [1.54, 1.807) is 6.07 Å². The van der Waals surface area contributed by atoms with Gasteiger partial charge in [-0.25, -0.2) is 0 Å². The third-order valence-electron chi connectivity index (χ3n) is 7.59. The summed E-state index contributed by atoms with van der Waals surface area (Å²) in [4.78, 5) is 23.9. The Hall–Kier alpha value is -4.40. The van der Waals surface area contributed by atoms with Crippen molar-refractivity contribution in [3.8, 4) is 35.0 Å². The Morgan fingerprint density at radius 2 is 1.93 bits per heavy atom. The van der Waals surface area contributed by atoms with E-state index in [4.69, 9.17) is 11.2 Å². The third kappa shape index (κ3) is 4.90. The molecule has 1 N–H and O–H groups in total. The zero-order valence-corrected chi connectivity index (χ0v) is 23.3. The molecule has 1 saturated heterocycles. The van der Waals surface area contributed by atoms with Gasteiger partial charge in [-0.15, -0.1) is 6.42 Å². The van der Waals surface area contributed by atoms with E-state index in [-0.39, 0.29) is 17.2 Å². The minimum Gasteiger partial charge on any atom is -0.493 e. The van der Waals surface area contributed by atoms with Gasteiger partial charge in [0.1, 0.15) is 11.4 Å². The number of nitrogens with one attached hydrogen (secondary N) is 1. The predicted molar refractivity (Wildman–Crippen MR) is 156 cm³/mol. The Morgan fingerprint density at radius 1 is 1.15 bits per heavy atom. The average Bonchev–Trinajstić information content (AvgIpc) is 3.32. The van der Waals surface area contributed by atoms with Crippen LogP contribution in [0, 0.1) is 12.3 Å². The van der Waals surface area contributed by atoms with Gasteiger partial charge in [0, 0.05) is 39.8 Å². The lowest BCUT2D eigenvalue weighted by molar-refractivity contribution is 0.226. The van der Waals surface area contributed by atoms with Crippen LogP contribution in [-0.4, -0.2) is 54.6 Å². The summed E-state index contributed by atoms with van der Waals surface area (Å²) < 4.78 is 48.1. The first-order chi connectivity index (χ1) is 19.7. The summed E-state index contributed by atoms with van der Waals surface area (Å²) >= 11 is 0. The van der Waals surface area contributed by atoms with E-state index >= 15 is 0 Å². The van der Waals surface area contributed by atoms with Crippen LogP contribution in [0.1, 0.15) is 31.4 Å². The van der Waals surface area contributed by atoms with Gasteiger partial charge in [0.15, 0.2) is 11.2 Å². The van der Waals surface area contributed by atoms with Gasteiger partial charge in [-0.05, 0) is 70.2 Å². The second-order valence-electron chi connectivity index (χ2n) is 10.2. The lowest BCUT2D eigenvalue weighted by atomic mass is 9.99. The molecule has 4 heterocycles. The molecule has 5 aromatic rings. The van der Waals surface area contributed by atoms with Crippen LogP contribution in [0.2, 0.25) is 0 Å². The lowest BCUT2D eigenvalue weighted by Gasteiger charge is -2.32. The number of hydrogen-bond acceptors (Lipinski definition) is 7. The molecule has 0 aliphatic carbocycles. The van der Waals surface area contributed by atoms with Crippen molar-refractivity contribution in [2.75, 3.05) is 26.7 Å². The van der Waals surface area contributed by atoms with Crippen LogP contribution in [-0.2, 0) is 10.5 Å². The molecule has 9 nitrogen and oxygen atoms in total. The van der Waals surface area contributed by atoms with Gasteiger partial charge in [-0.2, -0.15) is 8.42 Å². The van der Waals surface area contributed by atoms with E-state index < -0.39 is 10.5 Å². The first-order valence-corrected chi connectivity index (χ1v) is 14.5. The summed E-state index contributed by atoms with van der Waals surface area (Å²) in [6, 6.07) is 10.6. The van der Waals surface area contributed by atoms with Gasteiger partial charge in [-0.1, -0.05) is 15.9 Å². The number of benzene rings is 2. The summed E-state index contributed by atoms with van der Waals surface area (Å²) in [7, 11) is -3.15. The highest BCUT2D eigenvalue weighted by molar-refractivity contribution is 7.81. The number of rotatable bonds is 6. The maximum absolute atomic E-state index is 14.1. The Balaban J connectivity index is 1.69. The molecule has 210 valence electrons. The molecule has 6 rings (SSSR count). The molecule has 0 amide bonds. The van der Waals surface area contributed by atoms with Crippen molar-refractivity contribution in [2.45, 2.75) is 25.8 Å². The largest absolute Gasteiger partial charge is 0.493 e. The molecule has 0 atom stereocenters. The second kappa shape index (κ2) is 10.2. The van der Waals surface area contributed by atoms with Crippen molar-refractivity contribution in [3.63, 3.8) is 0 Å². The first-order valence-electron chi connectivity index (χ1n) is 13.2. The van der Waals surface area contributed by atoms with Crippen LogP contribution in [0.25, 0.3) is 44.0 Å². The Kier molecular flexibility index (Phi) is 6.68. The van der Waals surface area contributed by atoms with Gasteiger partial charge in [0.2, 0.25) is 0 Å². The number of halogens is 1. The van der Waals surface area contributed by atoms with E-state index in [1.165, 1.54) is 12.3 Å². The molecule has 1 aliphatic heterocycles. The molecule has 1 aliphatic rings. The van der Waals surface area contributed by atoms with Gasteiger partial charge in [0.25, 0.3) is 0 Å². The molecule has 0 bridgehead atoms. The number of pyridine rings is 2. The maximum Gasteiger partial charge on any atom is 0.488 e. The Morgan fingerprint density at radius 3 is 2.63 bits per heavy atom. The fourth-order valence-corrected chi connectivity index (χ4v) is 6.07. The minimum absolute atomic E-state index is 0.0900. The van der Waals surface area contributed by atoms with Crippen LogP contribution >= 0.6 is 0 Å². The highest BCUT2D eigenvalue weighted by atomic mass is 32.3. The maximum atomic E-state index is 14.1. The summed E-state index contributed by atoms with van der Waals surface area (Å²) in [5, 5.41) is 1.85. The number of aromatic amines is 1.